The van der Waals surface area contributed by atoms with E-state index in [-0.39, 0.29) is 0 Å². The third-order valence-electron chi connectivity index (χ3n) is 14.9. The fraction of sp³-hybridized carbons (Fsp3) is 0.0282. The van der Waals surface area contributed by atoms with Crippen LogP contribution in [-0.2, 0) is 0 Å². The van der Waals surface area contributed by atoms with E-state index < -0.39 is 8.07 Å². The van der Waals surface area contributed by atoms with Crippen LogP contribution in [0.5, 0.6) is 0 Å². The minimum atomic E-state index is -2.86. The Morgan fingerprint density at radius 2 is 0.632 bits per heavy atom. The van der Waals surface area contributed by atoms with Crippen LogP contribution in [0.1, 0.15) is 11.1 Å². The van der Waals surface area contributed by atoms with Gasteiger partial charge in [-0.2, -0.15) is 0 Å². The number of nitrogens with zero attached hydrogens (tertiary/aromatic N) is 4. The van der Waals surface area contributed by atoms with E-state index in [1.807, 2.05) is 36.4 Å². The van der Waals surface area contributed by atoms with Crippen molar-refractivity contribution in [2.45, 2.75) is 13.8 Å². The van der Waals surface area contributed by atoms with Crippen molar-refractivity contribution in [2.24, 2.45) is 0 Å². The number of fused-ring (bicyclic) bond motifs is 3. The Morgan fingerprint density at radius 1 is 0.276 bits per heavy atom. The van der Waals surface area contributed by atoms with Crippen molar-refractivity contribution in [3.05, 3.63) is 290 Å². The molecule has 13 aromatic rings. The zero-order valence-electron chi connectivity index (χ0n) is 42.3. The molecule has 0 N–H and O–H groups in total. The SMILES string of the molecule is Cc1cccc(-c2ccc3c4ccc(-c5cccc(C)c5)cc4n(-c4ccc(-c5cccc([Si](c6ccccc6)(c6ccccc6)c6ccccc6)c5)cc4-c4nc(-c5ccccc5)nc(-c5ccccc5)n4)c3c2)c1. The van der Waals surface area contributed by atoms with Gasteiger partial charge in [0.2, 0.25) is 0 Å². The first kappa shape index (κ1) is 46.2. The van der Waals surface area contributed by atoms with Crippen LogP contribution < -0.4 is 20.7 Å². The molecule has 13 rings (SSSR count). The summed E-state index contributed by atoms with van der Waals surface area (Å²) in [7, 11) is -2.86. The number of hydrogen-bond acceptors (Lipinski definition) is 3. The fourth-order valence-corrected chi connectivity index (χ4v) is 16.1. The van der Waals surface area contributed by atoms with Gasteiger partial charge in [0.15, 0.2) is 25.5 Å². The monoisotopic (exact) mass is 988 g/mol. The van der Waals surface area contributed by atoms with E-state index in [0.717, 1.165) is 55.7 Å². The molecule has 4 nitrogen and oxygen atoms in total. The van der Waals surface area contributed by atoms with Crippen molar-refractivity contribution in [1.29, 1.82) is 0 Å². The molecule has 0 unspecified atom stereocenters. The van der Waals surface area contributed by atoms with Crippen molar-refractivity contribution in [2.75, 3.05) is 0 Å². The summed E-state index contributed by atoms with van der Waals surface area (Å²) in [5, 5.41) is 7.61. The van der Waals surface area contributed by atoms with Gasteiger partial charge >= 0.3 is 0 Å². The van der Waals surface area contributed by atoms with Gasteiger partial charge < -0.3 is 4.57 Å². The molecule has 11 aromatic carbocycles. The van der Waals surface area contributed by atoms with E-state index in [1.54, 1.807) is 0 Å². The van der Waals surface area contributed by atoms with Crippen molar-refractivity contribution >= 4 is 50.6 Å². The first-order valence-corrected chi connectivity index (χ1v) is 28.0. The van der Waals surface area contributed by atoms with E-state index >= 15 is 0 Å². The number of aromatic nitrogens is 4. The van der Waals surface area contributed by atoms with Crippen LogP contribution in [0.3, 0.4) is 0 Å². The summed E-state index contributed by atoms with van der Waals surface area (Å²) >= 11 is 0. The van der Waals surface area contributed by atoms with E-state index in [2.05, 4.69) is 261 Å². The van der Waals surface area contributed by atoms with Crippen LogP contribution in [0.25, 0.3) is 95.0 Å². The Labute approximate surface area is 445 Å². The minimum absolute atomic E-state index is 0.585. The summed E-state index contributed by atoms with van der Waals surface area (Å²) in [4.78, 5) is 16.1. The maximum absolute atomic E-state index is 5.46. The number of rotatable bonds is 11. The largest absolute Gasteiger partial charge is 0.308 e. The van der Waals surface area contributed by atoms with Gasteiger partial charge in [0.25, 0.3) is 0 Å². The molecule has 2 heterocycles. The van der Waals surface area contributed by atoms with Crippen LogP contribution in [0.4, 0.5) is 0 Å². The van der Waals surface area contributed by atoms with Gasteiger partial charge in [0.05, 0.1) is 16.7 Å². The summed E-state index contributed by atoms with van der Waals surface area (Å²) in [5.41, 5.74) is 15.1. The molecule has 5 heteroatoms. The average molecular weight is 989 g/mol. The van der Waals surface area contributed by atoms with Crippen LogP contribution in [0.2, 0.25) is 0 Å². The number of hydrogen-bond donors (Lipinski definition) is 0. The second-order valence-electron chi connectivity index (χ2n) is 19.7. The first-order chi connectivity index (χ1) is 37.5. The second kappa shape index (κ2) is 19.7. The number of aryl methyl sites for hydroxylation is 2. The third-order valence-corrected chi connectivity index (χ3v) is 19.7. The molecule has 2 aromatic heterocycles. The highest BCUT2D eigenvalue weighted by molar-refractivity contribution is 7.19. The molecule has 0 saturated carbocycles. The smallest absolute Gasteiger partial charge is 0.179 e. The van der Waals surface area contributed by atoms with Crippen molar-refractivity contribution < 1.29 is 0 Å². The molecular weight excluding hydrogens is 937 g/mol. The molecule has 76 heavy (non-hydrogen) atoms. The predicted molar refractivity (Wildman–Crippen MR) is 320 cm³/mol. The van der Waals surface area contributed by atoms with Gasteiger partial charge in [-0.1, -0.05) is 266 Å². The Morgan fingerprint density at radius 3 is 1.09 bits per heavy atom. The Balaban J connectivity index is 1.11. The van der Waals surface area contributed by atoms with E-state index in [0.29, 0.717) is 17.5 Å². The lowest BCUT2D eigenvalue weighted by Gasteiger charge is -2.34. The molecule has 0 amide bonds. The highest BCUT2D eigenvalue weighted by atomic mass is 28.3. The fourth-order valence-electron chi connectivity index (χ4n) is 11.3. The molecule has 360 valence electrons. The van der Waals surface area contributed by atoms with Gasteiger partial charge in [0, 0.05) is 27.5 Å². The molecule has 0 aliphatic carbocycles. The quantitative estimate of drug-likeness (QED) is 0.0958. The Hall–Kier alpha value is -9.55. The average Bonchev–Trinajstić information content (AvgIpc) is 3.95. The third kappa shape index (κ3) is 8.43. The van der Waals surface area contributed by atoms with Gasteiger partial charge in [-0.15, -0.1) is 0 Å². The highest BCUT2D eigenvalue weighted by Crippen LogP contribution is 2.41. The molecule has 0 aliphatic heterocycles. The van der Waals surface area contributed by atoms with Crippen molar-refractivity contribution in [3.63, 3.8) is 0 Å². The van der Waals surface area contributed by atoms with Crippen LogP contribution >= 0.6 is 0 Å². The van der Waals surface area contributed by atoms with Gasteiger partial charge in [0.1, 0.15) is 0 Å². The van der Waals surface area contributed by atoms with Gasteiger partial charge in [-0.3, -0.25) is 0 Å². The molecule has 0 atom stereocenters. The summed E-state index contributed by atoms with van der Waals surface area (Å²) in [6.07, 6.45) is 0. The summed E-state index contributed by atoms with van der Waals surface area (Å²) in [6.45, 7) is 4.31. The normalized spacial score (nSPS) is 11.6. The maximum Gasteiger partial charge on any atom is 0.179 e. The molecule has 0 fully saturated rings. The second-order valence-corrected chi connectivity index (χ2v) is 23.5. The zero-order valence-corrected chi connectivity index (χ0v) is 43.3. The topological polar surface area (TPSA) is 43.6 Å². The molecule has 0 aliphatic rings. The van der Waals surface area contributed by atoms with Crippen LogP contribution in [0, 0.1) is 13.8 Å². The Kier molecular flexibility index (Phi) is 12.0. The zero-order chi connectivity index (χ0) is 51.0. The molecule has 0 spiro atoms. The molecular formula is C71H52N4Si. The van der Waals surface area contributed by atoms with Crippen molar-refractivity contribution in [1.82, 2.24) is 19.5 Å². The lowest BCUT2D eigenvalue weighted by atomic mass is 10.0. The number of benzene rings is 11. The van der Waals surface area contributed by atoms with Gasteiger partial charge in [-0.25, -0.2) is 15.0 Å². The minimum Gasteiger partial charge on any atom is -0.308 e. The summed E-state index contributed by atoms with van der Waals surface area (Å²) < 4.78 is 2.45. The van der Waals surface area contributed by atoms with E-state index in [1.165, 1.54) is 53.8 Å². The standard InChI is InChI=1S/C71H52N4Si/c1-49-21-18-27-53(43-49)57-37-40-63-64-41-38-58(54-28-19-22-50(2)44-54)48-68(64)75(67(63)47-57)66-42-39-56(46-65(66)71-73-69(51-23-8-3-9-24-51)72-70(74-71)52-25-10-4-11-26-52)55-29-20-36-62(45-55)76(59-30-12-5-13-31-59,60-32-14-6-15-33-60)61-34-16-7-17-35-61/h3-48H,1-2H3. The molecule has 0 saturated heterocycles. The highest BCUT2D eigenvalue weighted by Gasteiger charge is 2.41. The first-order valence-electron chi connectivity index (χ1n) is 26.0. The molecule has 0 bridgehead atoms. The van der Waals surface area contributed by atoms with Crippen molar-refractivity contribution in [3.8, 4) is 73.2 Å². The summed E-state index contributed by atoms with van der Waals surface area (Å²) in [6, 6.07) is 101. The lowest BCUT2D eigenvalue weighted by molar-refractivity contribution is 1.06. The van der Waals surface area contributed by atoms with E-state index in [9.17, 15) is 0 Å². The van der Waals surface area contributed by atoms with Crippen LogP contribution in [0.15, 0.2) is 279 Å². The van der Waals surface area contributed by atoms with Crippen LogP contribution in [-0.4, -0.2) is 27.6 Å². The Bertz CT molecular complexity index is 3970. The maximum atomic E-state index is 5.46. The lowest BCUT2D eigenvalue weighted by Crippen LogP contribution is -2.74. The van der Waals surface area contributed by atoms with Gasteiger partial charge in [-0.05, 0) is 92.2 Å². The molecule has 0 radical (unpaired) electrons. The summed E-state index contributed by atoms with van der Waals surface area (Å²) in [5.74, 6) is 1.80. The predicted octanol–water partition coefficient (Wildman–Crippen LogP) is 15.0. The van der Waals surface area contributed by atoms with E-state index in [4.69, 9.17) is 15.0 Å².